The van der Waals surface area contributed by atoms with Crippen LogP contribution in [0.3, 0.4) is 0 Å². The number of nitrogens with zero attached hydrogens (tertiary/aromatic N) is 1. The molecule has 2 aliphatic rings. The molecule has 0 saturated carbocycles. The highest BCUT2D eigenvalue weighted by Gasteiger charge is 2.40. The van der Waals surface area contributed by atoms with Gasteiger partial charge in [0.15, 0.2) is 5.78 Å². The largest absolute Gasteiger partial charge is 0.490 e. The van der Waals surface area contributed by atoms with Crippen LogP contribution in [0.5, 0.6) is 5.75 Å². The molecule has 2 N–H and O–H groups in total. The van der Waals surface area contributed by atoms with E-state index in [1.165, 1.54) is 6.21 Å². The third-order valence-corrected chi connectivity index (χ3v) is 7.15. The smallest absolute Gasteiger partial charge is 0.410 e. The number of ether oxygens (including phenoxy) is 2. The van der Waals surface area contributed by atoms with Crippen molar-refractivity contribution in [3.8, 4) is 5.75 Å². The summed E-state index contributed by atoms with van der Waals surface area (Å²) in [4.78, 5) is 31.1. The fourth-order valence-electron chi connectivity index (χ4n) is 5.27. The molecule has 2 aromatic carbocycles. The van der Waals surface area contributed by atoms with E-state index in [-0.39, 0.29) is 18.0 Å². The van der Waals surface area contributed by atoms with Crippen LogP contribution in [0.2, 0.25) is 0 Å². The van der Waals surface area contributed by atoms with Crippen molar-refractivity contribution in [2.75, 3.05) is 13.1 Å². The zero-order chi connectivity index (χ0) is 25.8. The van der Waals surface area contributed by atoms with Crippen LogP contribution in [-0.2, 0) is 10.2 Å². The first kappa shape index (κ1) is 24.1. The van der Waals surface area contributed by atoms with E-state index in [9.17, 15) is 9.59 Å². The number of aromatic amines is 1. The van der Waals surface area contributed by atoms with Crippen LogP contribution in [0.25, 0.3) is 10.9 Å². The van der Waals surface area contributed by atoms with Crippen molar-refractivity contribution in [3.63, 3.8) is 0 Å². The van der Waals surface area contributed by atoms with Crippen molar-refractivity contribution in [2.45, 2.75) is 64.6 Å². The molecule has 36 heavy (non-hydrogen) atoms. The Kier molecular flexibility index (Phi) is 5.69. The molecule has 1 amide bonds. The normalized spacial score (nSPS) is 17.5. The van der Waals surface area contributed by atoms with Gasteiger partial charge in [0.1, 0.15) is 17.5 Å². The summed E-state index contributed by atoms with van der Waals surface area (Å²) in [7, 11) is 0. The first-order valence-electron chi connectivity index (χ1n) is 12.5. The fourth-order valence-corrected chi connectivity index (χ4v) is 5.27. The van der Waals surface area contributed by atoms with Crippen molar-refractivity contribution >= 4 is 29.0 Å². The Hall–Kier alpha value is -3.61. The summed E-state index contributed by atoms with van der Waals surface area (Å²) in [6.07, 6.45) is 2.47. The highest BCUT2D eigenvalue weighted by Crippen LogP contribution is 2.44. The second kappa shape index (κ2) is 8.50. The minimum atomic E-state index is -0.509. The molecule has 3 aromatic rings. The maximum absolute atomic E-state index is 13.6. The third kappa shape index (κ3) is 4.16. The predicted molar refractivity (Wildman–Crippen MR) is 140 cm³/mol. The molecule has 7 heteroatoms. The number of ketones is 1. The molecule has 0 bridgehead atoms. The maximum atomic E-state index is 13.6. The lowest BCUT2D eigenvalue weighted by atomic mass is 9.71. The quantitative estimate of drug-likeness (QED) is 0.456. The Labute approximate surface area is 211 Å². The average molecular weight is 488 g/mol. The lowest BCUT2D eigenvalue weighted by Crippen LogP contribution is -2.44. The second-order valence-electron chi connectivity index (χ2n) is 11.3. The molecule has 1 aromatic heterocycles. The number of rotatable bonds is 3. The van der Waals surface area contributed by atoms with E-state index in [4.69, 9.17) is 14.9 Å². The van der Waals surface area contributed by atoms with Crippen LogP contribution >= 0.6 is 0 Å². The Morgan fingerprint density at radius 1 is 1.14 bits per heavy atom. The Bertz CT molecular complexity index is 1370. The van der Waals surface area contributed by atoms with E-state index in [1.54, 1.807) is 4.90 Å². The van der Waals surface area contributed by atoms with Crippen molar-refractivity contribution in [1.29, 1.82) is 5.41 Å². The summed E-state index contributed by atoms with van der Waals surface area (Å²) in [6.45, 7) is 11.0. The van der Waals surface area contributed by atoms with Gasteiger partial charge in [-0.15, -0.1) is 0 Å². The molecular formula is C29H33N3O4. The van der Waals surface area contributed by atoms with E-state index >= 15 is 0 Å². The zero-order valence-electron chi connectivity index (χ0n) is 21.5. The number of benzene rings is 2. The molecule has 0 atom stereocenters. The monoisotopic (exact) mass is 487 g/mol. The van der Waals surface area contributed by atoms with Crippen molar-refractivity contribution < 1.29 is 19.1 Å². The van der Waals surface area contributed by atoms with Gasteiger partial charge in [-0.25, -0.2) is 4.79 Å². The van der Waals surface area contributed by atoms with Crippen molar-refractivity contribution in [1.82, 2.24) is 9.88 Å². The third-order valence-electron chi connectivity index (χ3n) is 7.15. The zero-order valence-corrected chi connectivity index (χ0v) is 21.5. The molecule has 1 fully saturated rings. The predicted octanol–water partition coefficient (Wildman–Crippen LogP) is 5.81. The number of carbonyl (C=O) groups excluding carboxylic acids is 2. The molecular weight excluding hydrogens is 454 g/mol. The van der Waals surface area contributed by atoms with Gasteiger partial charge in [-0.05, 0) is 56.2 Å². The summed E-state index contributed by atoms with van der Waals surface area (Å²) in [5, 5.41) is 8.44. The van der Waals surface area contributed by atoms with Crippen LogP contribution in [-0.4, -0.2) is 52.8 Å². The summed E-state index contributed by atoms with van der Waals surface area (Å²) < 4.78 is 11.8. The maximum Gasteiger partial charge on any atom is 0.410 e. The molecule has 1 saturated heterocycles. The van der Waals surface area contributed by atoms with Crippen LogP contribution in [0.15, 0.2) is 36.4 Å². The van der Waals surface area contributed by atoms with Crippen LogP contribution in [0.4, 0.5) is 4.79 Å². The number of carbonyl (C=O) groups is 2. The summed E-state index contributed by atoms with van der Waals surface area (Å²) in [5.74, 6) is 0.737. The molecule has 7 nitrogen and oxygen atoms in total. The molecule has 2 heterocycles. The summed E-state index contributed by atoms with van der Waals surface area (Å²) >= 11 is 0. The van der Waals surface area contributed by atoms with Gasteiger partial charge < -0.3 is 24.8 Å². The second-order valence-corrected chi connectivity index (χ2v) is 11.3. The minimum absolute atomic E-state index is 0.00500. The number of hydrogen-bond acceptors (Lipinski definition) is 5. The van der Waals surface area contributed by atoms with Crippen LogP contribution in [0.1, 0.15) is 80.2 Å². The number of nitrogens with one attached hydrogen (secondary N) is 2. The standard InChI is InChI=1S/C29H33N3O4/c1-28(2,3)36-27(34)32-12-10-18(11-13-32)35-19-7-9-20-22(15-19)29(4,5)26-24(25(20)33)21-8-6-17(16-30)14-23(21)31-26/h6-9,14-16,18,30-31H,10-13H2,1-5H3. The van der Waals surface area contributed by atoms with Gasteiger partial charge in [-0.2, -0.15) is 0 Å². The fraction of sp³-hybridized carbons (Fsp3) is 0.414. The Morgan fingerprint density at radius 2 is 1.86 bits per heavy atom. The van der Waals surface area contributed by atoms with E-state index in [0.29, 0.717) is 24.2 Å². The Morgan fingerprint density at radius 3 is 2.53 bits per heavy atom. The lowest BCUT2D eigenvalue weighted by Gasteiger charge is -2.34. The van der Waals surface area contributed by atoms with Gasteiger partial charge in [-0.1, -0.05) is 26.0 Å². The van der Waals surface area contributed by atoms with Gasteiger partial charge in [0.2, 0.25) is 0 Å². The highest BCUT2D eigenvalue weighted by atomic mass is 16.6. The number of likely N-dealkylation sites (tertiary alicyclic amines) is 1. The summed E-state index contributed by atoms with van der Waals surface area (Å²) in [6, 6.07) is 11.4. The summed E-state index contributed by atoms with van der Waals surface area (Å²) in [5.41, 5.74) is 3.94. The van der Waals surface area contributed by atoms with Crippen LogP contribution in [0, 0.1) is 5.41 Å². The van der Waals surface area contributed by atoms with Gasteiger partial charge in [0.25, 0.3) is 0 Å². The van der Waals surface area contributed by atoms with Gasteiger partial charge in [0, 0.05) is 59.7 Å². The molecule has 1 aliphatic carbocycles. The number of hydrogen-bond donors (Lipinski definition) is 2. The first-order valence-corrected chi connectivity index (χ1v) is 12.5. The number of amides is 1. The van der Waals surface area contributed by atoms with Gasteiger partial charge >= 0.3 is 6.09 Å². The van der Waals surface area contributed by atoms with Crippen LogP contribution < -0.4 is 4.74 Å². The lowest BCUT2D eigenvalue weighted by molar-refractivity contribution is 0.0126. The molecule has 0 radical (unpaired) electrons. The Balaban J connectivity index is 1.37. The van der Waals surface area contributed by atoms with Crippen molar-refractivity contribution in [3.05, 3.63) is 64.3 Å². The van der Waals surface area contributed by atoms with Crippen molar-refractivity contribution in [2.24, 2.45) is 0 Å². The number of H-pyrrole nitrogens is 1. The van der Waals surface area contributed by atoms with E-state index in [1.807, 2.05) is 57.2 Å². The molecule has 5 rings (SSSR count). The number of aromatic nitrogens is 1. The number of fused-ring (bicyclic) bond motifs is 4. The van der Waals surface area contributed by atoms with E-state index in [0.717, 1.165) is 46.3 Å². The van der Waals surface area contributed by atoms with Gasteiger partial charge in [-0.3, -0.25) is 4.79 Å². The first-order chi connectivity index (χ1) is 17.0. The minimum Gasteiger partial charge on any atom is -0.490 e. The highest BCUT2D eigenvalue weighted by molar-refractivity contribution is 6.20. The van der Waals surface area contributed by atoms with E-state index < -0.39 is 11.0 Å². The number of piperidine rings is 1. The van der Waals surface area contributed by atoms with Gasteiger partial charge in [0.05, 0.1) is 5.56 Å². The SMILES string of the molecule is CC(C)(C)OC(=O)N1CCC(Oc2ccc3c(c2)C(C)(C)c2[nH]c4cc(C=N)ccc4c2C3=O)CC1. The topological polar surface area (TPSA) is 95.5 Å². The van der Waals surface area contributed by atoms with E-state index in [2.05, 4.69) is 18.8 Å². The molecule has 1 aliphatic heterocycles. The molecule has 0 unspecified atom stereocenters. The molecule has 0 spiro atoms. The average Bonchev–Trinajstić information content (AvgIpc) is 3.22. The molecule has 188 valence electrons.